The minimum Gasteiger partial charge on any atom is -0.347 e. The van der Waals surface area contributed by atoms with Crippen molar-refractivity contribution in [3.63, 3.8) is 0 Å². The van der Waals surface area contributed by atoms with Gasteiger partial charge in [-0.2, -0.15) is 5.10 Å². The number of benzene rings is 2. The second-order valence-electron chi connectivity index (χ2n) is 5.94. The monoisotopic (exact) mass is 335 g/mol. The summed E-state index contributed by atoms with van der Waals surface area (Å²) in [5.41, 5.74) is 1.16. The van der Waals surface area contributed by atoms with E-state index < -0.39 is 0 Å². The fraction of sp³-hybridized carbons (Fsp3) is 0.250. The van der Waals surface area contributed by atoms with Gasteiger partial charge in [0, 0.05) is 18.5 Å². The summed E-state index contributed by atoms with van der Waals surface area (Å²) in [7, 11) is 0. The maximum atomic E-state index is 12.7. The third-order valence-corrected chi connectivity index (χ3v) is 4.10. The van der Waals surface area contributed by atoms with Crippen molar-refractivity contribution in [2.24, 2.45) is 0 Å². The number of fused-ring (bicyclic) bond motifs is 1. The summed E-state index contributed by atoms with van der Waals surface area (Å²) in [5.74, 6) is -0.273. The third kappa shape index (κ3) is 3.76. The Labute approximate surface area is 146 Å². The van der Waals surface area contributed by atoms with Crippen LogP contribution in [0.2, 0.25) is 0 Å². The number of hydrogen-bond acceptors (Lipinski definition) is 3. The van der Waals surface area contributed by atoms with Crippen molar-refractivity contribution in [1.29, 1.82) is 0 Å². The van der Waals surface area contributed by atoms with Crippen LogP contribution in [0.15, 0.2) is 59.4 Å². The molecule has 3 aromatic rings. The molecule has 0 unspecified atom stereocenters. The second-order valence-corrected chi connectivity index (χ2v) is 5.94. The van der Waals surface area contributed by atoms with Crippen LogP contribution in [0.5, 0.6) is 0 Å². The molecule has 0 aliphatic carbocycles. The zero-order valence-electron chi connectivity index (χ0n) is 14.2. The van der Waals surface area contributed by atoms with E-state index in [2.05, 4.69) is 17.3 Å². The average molecular weight is 335 g/mol. The highest BCUT2D eigenvalue weighted by molar-refractivity contribution is 6.04. The number of aryl methyl sites for hydroxylation is 1. The molecule has 128 valence electrons. The normalized spacial score (nSPS) is 10.8. The summed E-state index contributed by atoms with van der Waals surface area (Å²) in [6.45, 7) is 2.99. The van der Waals surface area contributed by atoms with Gasteiger partial charge in [0.05, 0.1) is 5.39 Å². The molecule has 0 saturated heterocycles. The number of rotatable bonds is 6. The molecule has 0 bridgehead atoms. The summed E-state index contributed by atoms with van der Waals surface area (Å²) in [4.78, 5) is 25.2. The second kappa shape index (κ2) is 7.75. The number of aromatic nitrogens is 2. The van der Waals surface area contributed by atoms with Gasteiger partial charge >= 0.3 is 0 Å². The van der Waals surface area contributed by atoms with Crippen LogP contribution < -0.4 is 10.9 Å². The lowest BCUT2D eigenvalue weighted by molar-refractivity contribution is 0.0945. The summed E-state index contributed by atoms with van der Waals surface area (Å²) in [6, 6.07) is 16.8. The maximum Gasteiger partial charge on any atom is 0.274 e. The first kappa shape index (κ1) is 16.9. The lowest BCUT2D eigenvalue weighted by Crippen LogP contribution is -2.30. The fourth-order valence-electron chi connectivity index (χ4n) is 2.72. The van der Waals surface area contributed by atoms with Crippen molar-refractivity contribution in [1.82, 2.24) is 15.1 Å². The Kier molecular flexibility index (Phi) is 5.23. The Hall–Kier alpha value is -2.95. The van der Waals surface area contributed by atoms with E-state index >= 15 is 0 Å². The molecule has 0 spiro atoms. The van der Waals surface area contributed by atoms with Crippen LogP contribution >= 0.6 is 0 Å². The number of carbonyl (C=O) groups is 1. The molecule has 1 amide bonds. The van der Waals surface area contributed by atoms with E-state index in [0.29, 0.717) is 29.6 Å². The van der Waals surface area contributed by atoms with Gasteiger partial charge in [-0.15, -0.1) is 0 Å². The minimum atomic E-state index is -0.273. The van der Waals surface area contributed by atoms with E-state index in [1.165, 1.54) is 4.68 Å². The SMILES string of the molecule is CCCCn1nc(C(=O)NCc2ccccc2)c2ccccc2c1=O. The van der Waals surface area contributed by atoms with Gasteiger partial charge in [0.15, 0.2) is 5.69 Å². The molecule has 0 atom stereocenters. The van der Waals surface area contributed by atoms with Gasteiger partial charge in [-0.25, -0.2) is 4.68 Å². The van der Waals surface area contributed by atoms with Crippen LogP contribution in [0.25, 0.3) is 10.8 Å². The molecular formula is C20H21N3O2. The number of amides is 1. The van der Waals surface area contributed by atoms with E-state index in [0.717, 1.165) is 18.4 Å². The van der Waals surface area contributed by atoms with E-state index in [1.807, 2.05) is 36.4 Å². The highest BCUT2D eigenvalue weighted by Gasteiger charge is 2.16. The van der Waals surface area contributed by atoms with Gasteiger partial charge in [-0.3, -0.25) is 9.59 Å². The molecule has 1 heterocycles. The molecule has 0 fully saturated rings. The van der Waals surface area contributed by atoms with Crippen molar-refractivity contribution >= 4 is 16.7 Å². The number of unbranched alkanes of at least 4 members (excludes halogenated alkanes) is 1. The number of nitrogens with zero attached hydrogens (tertiary/aromatic N) is 2. The van der Waals surface area contributed by atoms with Crippen LogP contribution in [0, 0.1) is 0 Å². The van der Waals surface area contributed by atoms with Crippen LogP contribution in [0.3, 0.4) is 0 Å². The molecule has 0 aliphatic heterocycles. The minimum absolute atomic E-state index is 0.149. The lowest BCUT2D eigenvalue weighted by atomic mass is 10.1. The molecule has 25 heavy (non-hydrogen) atoms. The lowest BCUT2D eigenvalue weighted by Gasteiger charge is -2.11. The molecule has 2 aromatic carbocycles. The van der Waals surface area contributed by atoms with E-state index in [-0.39, 0.29) is 11.5 Å². The van der Waals surface area contributed by atoms with Crippen LogP contribution in [0.1, 0.15) is 35.8 Å². The van der Waals surface area contributed by atoms with Crippen LogP contribution in [-0.4, -0.2) is 15.7 Å². The van der Waals surface area contributed by atoms with Gasteiger partial charge in [0.2, 0.25) is 0 Å². The van der Waals surface area contributed by atoms with Crippen molar-refractivity contribution < 1.29 is 4.79 Å². The maximum absolute atomic E-state index is 12.7. The highest BCUT2D eigenvalue weighted by Crippen LogP contribution is 2.13. The zero-order valence-corrected chi connectivity index (χ0v) is 14.2. The van der Waals surface area contributed by atoms with E-state index in [4.69, 9.17) is 0 Å². The molecular weight excluding hydrogens is 314 g/mol. The molecule has 5 heteroatoms. The van der Waals surface area contributed by atoms with Crippen molar-refractivity contribution in [2.45, 2.75) is 32.9 Å². The summed E-state index contributed by atoms with van der Waals surface area (Å²) >= 11 is 0. The van der Waals surface area contributed by atoms with Crippen LogP contribution in [-0.2, 0) is 13.1 Å². The van der Waals surface area contributed by atoms with E-state index in [9.17, 15) is 9.59 Å². The Bertz CT molecular complexity index is 933. The highest BCUT2D eigenvalue weighted by atomic mass is 16.2. The smallest absolute Gasteiger partial charge is 0.274 e. The molecule has 0 aliphatic rings. The van der Waals surface area contributed by atoms with Gasteiger partial charge in [0.1, 0.15) is 0 Å². The molecule has 0 saturated carbocycles. The molecule has 3 rings (SSSR count). The van der Waals surface area contributed by atoms with Crippen molar-refractivity contribution in [3.8, 4) is 0 Å². The van der Waals surface area contributed by atoms with Gasteiger partial charge in [0.25, 0.3) is 11.5 Å². The fourth-order valence-corrected chi connectivity index (χ4v) is 2.72. The number of hydrogen-bond donors (Lipinski definition) is 1. The van der Waals surface area contributed by atoms with Crippen molar-refractivity contribution in [2.75, 3.05) is 0 Å². The Morgan fingerprint density at radius 2 is 1.72 bits per heavy atom. The number of nitrogens with one attached hydrogen (secondary N) is 1. The first-order valence-corrected chi connectivity index (χ1v) is 8.52. The van der Waals surface area contributed by atoms with Gasteiger partial charge in [-0.1, -0.05) is 61.9 Å². The van der Waals surface area contributed by atoms with Crippen LogP contribution in [0.4, 0.5) is 0 Å². The third-order valence-electron chi connectivity index (χ3n) is 4.10. The van der Waals surface area contributed by atoms with Gasteiger partial charge < -0.3 is 5.32 Å². The average Bonchev–Trinajstić information content (AvgIpc) is 2.66. The van der Waals surface area contributed by atoms with Crippen molar-refractivity contribution in [3.05, 3.63) is 76.2 Å². The summed E-state index contributed by atoms with van der Waals surface area (Å²) in [5, 5.41) is 8.35. The zero-order chi connectivity index (χ0) is 17.6. The number of carbonyl (C=O) groups excluding carboxylic acids is 1. The molecule has 1 aromatic heterocycles. The Morgan fingerprint density at radius 3 is 2.44 bits per heavy atom. The molecule has 1 N–H and O–H groups in total. The standard InChI is InChI=1S/C20H21N3O2/c1-2-3-13-23-20(25)17-12-8-7-11-16(17)18(22-23)19(24)21-14-15-9-5-4-6-10-15/h4-12H,2-3,13-14H2,1H3,(H,21,24). The first-order valence-electron chi connectivity index (χ1n) is 8.52. The first-order chi connectivity index (χ1) is 12.2. The summed E-state index contributed by atoms with van der Waals surface area (Å²) < 4.78 is 1.41. The Morgan fingerprint density at radius 1 is 1.04 bits per heavy atom. The van der Waals surface area contributed by atoms with E-state index in [1.54, 1.807) is 18.2 Å². The topological polar surface area (TPSA) is 64.0 Å². The predicted molar refractivity (Wildman–Crippen MR) is 98.5 cm³/mol. The van der Waals surface area contributed by atoms with Gasteiger partial charge in [-0.05, 0) is 18.1 Å². The quantitative estimate of drug-likeness (QED) is 0.753. The Balaban J connectivity index is 1.94. The predicted octanol–water partition coefficient (Wildman–Crippen LogP) is 3.13. The largest absolute Gasteiger partial charge is 0.347 e. The summed E-state index contributed by atoms with van der Waals surface area (Å²) in [6.07, 6.45) is 1.80. The molecule has 5 nitrogen and oxygen atoms in total. The molecule has 0 radical (unpaired) electrons.